The van der Waals surface area contributed by atoms with Crippen molar-refractivity contribution in [2.24, 2.45) is 16.5 Å². The van der Waals surface area contributed by atoms with Crippen molar-refractivity contribution in [3.8, 4) is 0 Å². The number of carbonyl (C=O) groups excluding carboxylic acids is 1. The Morgan fingerprint density at radius 1 is 1.69 bits per heavy atom. The van der Waals surface area contributed by atoms with Crippen molar-refractivity contribution in [1.82, 2.24) is 0 Å². The van der Waals surface area contributed by atoms with E-state index >= 15 is 0 Å². The summed E-state index contributed by atoms with van der Waals surface area (Å²) in [6.45, 7) is 4.65. The first kappa shape index (κ1) is 10.5. The standard InChI is InChI=1S/C9H14ClNO2/c1-7(2)5-13-11-6-9(3-4-9)8(10)12/h6-7H,3-5H2,1-2H3/b11-6+. The number of rotatable bonds is 5. The zero-order valence-electron chi connectivity index (χ0n) is 7.92. The predicted octanol–water partition coefficient (Wildman–Crippen LogP) is 2.19. The van der Waals surface area contributed by atoms with Crippen molar-refractivity contribution in [2.45, 2.75) is 26.7 Å². The molecule has 0 spiro atoms. The van der Waals surface area contributed by atoms with Crippen LogP contribution in [0.25, 0.3) is 0 Å². The normalized spacial score (nSPS) is 19.4. The lowest BCUT2D eigenvalue weighted by atomic mass is 10.2. The maximum absolute atomic E-state index is 10.9. The van der Waals surface area contributed by atoms with Gasteiger partial charge in [0.25, 0.3) is 0 Å². The van der Waals surface area contributed by atoms with Crippen LogP contribution in [0.2, 0.25) is 0 Å². The predicted molar refractivity (Wildman–Crippen MR) is 51.8 cm³/mol. The Kier molecular flexibility index (Phi) is 3.31. The molecule has 0 aliphatic heterocycles. The van der Waals surface area contributed by atoms with E-state index in [-0.39, 0.29) is 5.24 Å². The summed E-state index contributed by atoms with van der Waals surface area (Å²) in [7, 11) is 0. The quantitative estimate of drug-likeness (QED) is 0.390. The van der Waals surface area contributed by atoms with Gasteiger partial charge in [0.05, 0.1) is 11.6 Å². The molecule has 0 bridgehead atoms. The van der Waals surface area contributed by atoms with Gasteiger partial charge in [-0.15, -0.1) is 0 Å². The third-order valence-corrected chi connectivity index (χ3v) is 2.34. The van der Waals surface area contributed by atoms with Crippen LogP contribution in [0.15, 0.2) is 5.16 Å². The molecule has 0 N–H and O–H groups in total. The second kappa shape index (κ2) is 4.09. The largest absolute Gasteiger partial charge is 0.396 e. The van der Waals surface area contributed by atoms with Gasteiger partial charge in [0.1, 0.15) is 6.61 Å². The van der Waals surface area contributed by atoms with Crippen molar-refractivity contribution < 1.29 is 9.63 Å². The van der Waals surface area contributed by atoms with Crippen LogP contribution in [0.5, 0.6) is 0 Å². The first-order valence-electron chi connectivity index (χ1n) is 4.43. The average Bonchev–Trinajstić information content (AvgIpc) is 2.78. The fourth-order valence-electron chi connectivity index (χ4n) is 0.841. The Bertz CT molecular complexity index is 222. The van der Waals surface area contributed by atoms with Gasteiger partial charge >= 0.3 is 0 Å². The van der Waals surface area contributed by atoms with Crippen LogP contribution >= 0.6 is 11.6 Å². The summed E-state index contributed by atoms with van der Waals surface area (Å²) >= 11 is 5.39. The van der Waals surface area contributed by atoms with E-state index in [1.807, 2.05) is 13.8 Å². The minimum Gasteiger partial charge on any atom is -0.396 e. The Balaban J connectivity index is 2.28. The lowest BCUT2D eigenvalue weighted by molar-refractivity contribution is -0.114. The summed E-state index contributed by atoms with van der Waals surface area (Å²) < 4.78 is 0. The highest BCUT2D eigenvalue weighted by atomic mass is 35.5. The maximum atomic E-state index is 10.9. The summed E-state index contributed by atoms with van der Waals surface area (Å²) in [6.07, 6.45) is 3.12. The van der Waals surface area contributed by atoms with Gasteiger partial charge in [-0.1, -0.05) is 19.0 Å². The smallest absolute Gasteiger partial charge is 0.233 e. The molecule has 0 aromatic carbocycles. The number of carbonyl (C=O) groups is 1. The average molecular weight is 204 g/mol. The lowest BCUT2D eigenvalue weighted by Crippen LogP contribution is -2.11. The SMILES string of the molecule is CC(C)CO/N=C/C1(C(=O)Cl)CC1. The summed E-state index contributed by atoms with van der Waals surface area (Å²) in [6, 6.07) is 0. The van der Waals surface area contributed by atoms with E-state index in [9.17, 15) is 4.79 Å². The molecule has 1 aliphatic carbocycles. The highest BCUT2D eigenvalue weighted by Crippen LogP contribution is 2.45. The molecule has 74 valence electrons. The molecule has 1 aliphatic rings. The van der Waals surface area contributed by atoms with Crippen molar-refractivity contribution in [2.75, 3.05) is 6.61 Å². The minimum atomic E-state index is -0.501. The van der Waals surface area contributed by atoms with Crippen LogP contribution in [0.4, 0.5) is 0 Å². The molecular weight excluding hydrogens is 190 g/mol. The fraction of sp³-hybridized carbons (Fsp3) is 0.778. The van der Waals surface area contributed by atoms with Crippen molar-refractivity contribution in [1.29, 1.82) is 0 Å². The maximum Gasteiger partial charge on any atom is 0.233 e. The third kappa shape index (κ3) is 2.99. The third-order valence-electron chi connectivity index (χ3n) is 1.96. The zero-order valence-corrected chi connectivity index (χ0v) is 8.67. The molecule has 0 atom stereocenters. The second-order valence-electron chi connectivity index (χ2n) is 3.85. The number of halogens is 1. The van der Waals surface area contributed by atoms with Crippen LogP contribution in [0.1, 0.15) is 26.7 Å². The van der Waals surface area contributed by atoms with E-state index in [1.54, 1.807) is 0 Å². The van der Waals surface area contributed by atoms with Crippen LogP contribution in [-0.2, 0) is 9.63 Å². The molecule has 13 heavy (non-hydrogen) atoms. The van der Waals surface area contributed by atoms with Gasteiger partial charge in [0, 0.05) is 0 Å². The molecule has 1 saturated carbocycles. The van der Waals surface area contributed by atoms with E-state index in [1.165, 1.54) is 6.21 Å². The van der Waals surface area contributed by atoms with E-state index in [0.29, 0.717) is 12.5 Å². The van der Waals surface area contributed by atoms with E-state index < -0.39 is 5.41 Å². The number of hydrogen-bond acceptors (Lipinski definition) is 3. The van der Waals surface area contributed by atoms with Gasteiger partial charge in [0.2, 0.25) is 5.24 Å². The number of hydrogen-bond donors (Lipinski definition) is 0. The zero-order chi connectivity index (χ0) is 9.90. The molecule has 4 heteroatoms. The Hall–Kier alpha value is -0.570. The van der Waals surface area contributed by atoms with Gasteiger partial charge in [-0.2, -0.15) is 0 Å². The molecule has 0 amide bonds. The number of nitrogens with zero attached hydrogens (tertiary/aromatic N) is 1. The van der Waals surface area contributed by atoms with Gasteiger partial charge < -0.3 is 4.84 Å². The minimum absolute atomic E-state index is 0.329. The monoisotopic (exact) mass is 203 g/mol. The molecule has 3 nitrogen and oxygen atoms in total. The fourth-order valence-corrected chi connectivity index (χ4v) is 1.08. The topological polar surface area (TPSA) is 38.7 Å². The van der Waals surface area contributed by atoms with E-state index in [2.05, 4.69) is 5.16 Å². The molecule has 0 heterocycles. The number of oxime groups is 1. The summed E-state index contributed by atoms with van der Waals surface area (Å²) in [5.74, 6) is 0.444. The van der Waals surface area contributed by atoms with Crippen LogP contribution in [-0.4, -0.2) is 18.1 Å². The highest BCUT2D eigenvalue weighted by Gasteiger charge is 2.48. The van der Waals surface area contributed by atoms with Crippen molar-refractivity contribution >= 4 is 23.1 Å². The first-order valence-corrected chi connectivity index (χ1v) is 4.81. The van der Waals surface area contributed by atoms with Gasteiger partial charge in [-0.25, -0.2) is 0 Å². The molecule has 1 fully saturated rings. The molecule has 0 unspecified atom stereocenters. The summed E-state index contributed by atoms with van der Waals surface area (Å²) in [5.41, 5.74) is -0.501. The van der Waals surface area contributed by atoms with Gasteiger partial charge in [0.15, 0.2) is 0 Å². The van der Waals surface area contributed by atoms with Gasteiger partial charge in [-0.05, 0) is 30.4 Å². The molecular formula is C9H14ClNO2. The Labute approximate surface area is 83.1 Å². The molecule has 0 aromatic rings. The van der Waals surface area contributed by atoms with Crippen molar-refractivity contribution in [3.63, 3.8) is 0 Å². The van der Waals surface area contributed by atoms with E-state index in [4.69, 9.17) is 16.4 Å². The second-order valence-corrected chi connectivity index (χ2v) is 4.20. The Morgan fingerprint density at radius 3 is 2.69 bits per heavy atom. The molecule has 0 radical (unpaired) electrons. The van der Waals surface area contributed by atoms with Crippen LogP contribution < -0.4 is 0 Å². The lowest BCUT2D eigenvalue weighted by Gasteiger charge is -2.03. The molecule has 1 rings (SSSR count). The first-order chi connectivity index (χ1) is 6.07. The van der Waals surface area contributed by atoms with Gasteiger partial charge in [-0.3, -0.25) is 4.79 Å². The Morgan fingerprint density at radius 2 is 2.31 bits per heavy atom. The highest BCUT2D eigenvalue weighted by molar-refractivity contribution is 6.66. The van der Waals surface area contributed by atoms with Crippen LogP contribution in [0.3, 0.4) is 0 Å². The molecule has 0 aromatic heterocycles. The molecule has 0 saturated heterocycles. The summed E-state index contributed by atoms with van der Waals surface area (Å²) in [4.78, 5) is 15.9. The van der Waals surface area contributed by atoms with Crippen LogP contribution in [0, 0.1) is 11.3 Å². The van der Waals surface area contributed by atoms with E-state index in [0.717, 1.165) is 12.8 Å². The van der Waals surface area contributed by atoms with Crippen molar-refractivity contribution in [3.05, 3.63) is 0 Å². The summed E-state index contributed by atoms with van der Waals surface area (Å²) in [5, 5.41) is 3.41.